The minimum atomic E-state index is -4.43. The van der Waals surface area contributed by atoms with Crippen LogP contribution in [0.15, 0.2) is 12.2 Å². The lowest BCUT2D eigenvalue weighted by atomic mass is 9.90. The lowest BCUT2D eigenvalue weighted by molar-refractivity contribution is -0.174. The van der Waals surface area contributed by atoms with Crippen LogP contribution >= 0.6 is 83.6 Å². The minimum absolute atomic E-state index is 0.0189. The van der Waals surface area contributed by atoms with Crippen LogP contribution < -0.4 is 0 Å². The Bertz CT molecular complexity index is 1150. The molecule has 1 unspecified atom stereocenters. The molecule has 3 N–H and O–H groups in total. The summed E-state index contributed by atoms with van der Waals surface area (Å²) in [6.45, 7) is 1.56. The maximum atomic E-state index is 12.3. The summed E-state index contributed by atoms with van der Waals surface area (Å²) in [6.07, 6.45) is -1.24. The van der Waals surface area contributed by atoms with Gasteiger partial charge in [-0.25, -0.2) is 4.57 Å². The van der Waals surface area contributed by atoms with E-state index in [9.17, 15) is 33.3 Å². The fourth-order valence-corrected chi connectivity index (χ4v) is 5.23. The monoisotopic (exact) mass is 994 g/mol. The van der Waals surface area contributed by atoms with E-state index < -0.39 is 60.8 Å². The predicted octanol–water partition coefficient (Wildman–Crippen LogP) is 2.16. The summed E-state index contributed by atoms with van der Waals surface area (Å²) < 4.78 is 57.5. The molecular weight excluding hydrogens is 936 g/mol. The Hall–Kier alpha value is -1.35. The van der Waals surface area contributed by atoms with Crippen LogP contribution in [0.5, 0.6) is 0 Å². The Morgan fingerprint density at radius 1 is 0.517 bits per heavy atom. The van der Waals surface area contributed by atoms with Gasteiger partial charge in [0, 0.05) is 34.5 Å². The van der Waals surface area contributed by atoms with Crippen molar-refractivity contribution in [3.05, 3.63) is 12.2 Å². The average Bonchev–Trinajstić information content (AvgIpc) is 3.18. The quantitative estimate of drug-likeness (QED) is 0.00851. The zero-order chi connectivity index (χ0) is 46.0. The van der Waals surface area contributed by atoms with Gasteiger partial charge in [-0.3, -0.25) is 33.3 Å². The van der Waals surface area contributed by atoms with Crippen LogP contribution in [0.2, 0.25) is 0 Å². The number of aliphatic hydroxyl groups is 1. The highest BCUT2D eigenvalue weighted by atomic mass is 32.1. The first-order chi connectivity index (χ1) is 28.3. The molecule has 0 aliphatic rings. The first kappa shape index (κ1) is 60.7. The number of carbonyl (C=O) groups is 6. The Morgan fingerprint density at radius 3 is 0.967 bits per heavy atom. The molecule has 0 saturated heterocycles. The number of hydrogen-bond acceptors (Lipinski definition) is 23. The zero-order valence-corrected chi connectivity index (χ0v) is 39.6. The summed E-state index contributed by atoms with van der Waals surface area (Å²) in [5.74, 6) is -2.37. The topological polar surface area (TPSA) is 263 Å². The predicted molar refractivity (Wildman–Crippen MR) is 237 cm³/mol. The molecule has 0 rings (SSSR count). The standard InChI is InChI=1S/C28H46O13S6.C6H13O6P/c29-21(1-7-42)36-15-27(16-37-22(30)2-8-43,17-38-23(31)3-9-44)13-35-14-28(18-39-24(32)4-10-45,19-40-25(33)5-11-46)20-41-26(34)6-12-47;1-5(2)6(7)11-3-4-12-13(8,9)10/h42-47H,1-20H2;6-7H,1,3-4H2,2H3,(H2,8,9,10). The normalized spacial score (nSPS) is 12.0. The van der Waals surface area contributed by atoms with Gasteiger partial charge in [-0.15, -0.1) is 0 Å². The number of phosphoric ester groups is 1. The van der Waals surface area contributed by atoms with E-state index in [-0.39, 0.29) is 139 Å². The number of esters is 6. The van der Waals surface area contributed by atoms with Crippen molar-refractivity contribution in [2.75, 3.05) is 101 Å². The van der Waals surface area contributed by atoms with Gasteiger partial charge in [0.2, 0.25) is 0 Å². The highest BCUT2D eigenvalue weighted by Crippen LogP contribution is 2.35. The smallest absolute Gasteiger partial charge is 0.465 e. The van der Waals surface area contributed by atoms with E-state index in [1.54, 1.807) is 6.92 Å². The van der Waals surface area contributed by atoms with Crippen molar-refractivity contribution in [1.29, 1.82) is 0 Å². The Morgan fingerprint density at radius 2 is 0.767 bits per heavy atom. The Balaban J connectivity index is 0. The second kappa shape index (κ2) is 36.0. The van der Waals surface area contributed by atoms with Crippen molar-refractivity contribution in [2.45, 2.75) is 51.7 Å². The largest absolute Gasteiger partial charge is 0.469 e. The van der Waals surface area contributed by atoms with Gasteiger partial charge in [0.15, 0.2) is 6.29 Å². The van der Waals surface area contributed by atoms with E-state index in [0.717, 1.165) is 0 Å². The van der Waals surface area contributed by atoms with Gasteiger partial charge in [-0.2, -0.15) is 75.8 Å². The first-order valence-corrected chi connectivity index (χ1v) is 23.4. The SMILES string of the molecule is C=C(C)C(O)OCCOP(=O)(O)O.O=C(CCS)OCC(COCC(COC(=O)CCS)(COC(=O)CCS)COC(=O)CCS)(COC(=O)CCS)COC(=O)CCS. The van der Waals surface area contributed by atoms with E-state index in [2.05, 4.69) is 91.6 Å². The average molecular weight is 995 g/mol. The molecule has 0 heterocycles. The maximum Gasteiger partial charge on any atom is 0.469 e. The number of aliphatic hydroxyl groups excluding tert-OH is 1. The molecule has 350 valence electrons. The molecule has 0 amide bonds. The van der Waals surface area contributed by atoms with Gasteiger partial charge in [-0.1, -0.05) is 6.58 Å². The highest BCUT2D eigenvalue weighted by molar-refractivity contribution is 7.81. The molecule has 0 aromatic heterocycles. The van der Waals surface area contributed by atoms with Crippen molar-refractivity contribution in [2.24, 2.45) is 10.8 Å². The molecule has 0 aromatic rings. The fourth-order valence-electron chi connectivity index (χ4n) is 3.82. The van der Waals surface area contributed by atoms with Crippen molar-refractivity contribution < 1.29 is 90.6 Å². The van der Waals surface area contributed by atoms with E-state index in [1.807, 2.05) is 0 Å². The molecule has 0 aliphatic carbocycles. The molecule has 0 saturated carbocycles. The molecule has 1 atom stereocenters. The molecule has 19 nitrogen and oxygen atoms in total. The molecule has 0 radical (unpaired) electrons. The summed E-state index contributed by atoms with van der Waals surface area (Å²) in [7, 11) is -4.43. The summed E-state index contributed by atoms with van der Waals surface area (Å²) >= 11 is 24.2. The Kier molecular flexibility index (Phi) is 36.5. The second-order valence-corrected chi connectivity index (χ2v) is 16.6. The van der Waals surface area contributed by atoms with Gasteiger partial charge in [0.05, 0.1) is 75.8 Å². The third-order valence-corrected chi connectivity index (χ3v) is 8.85. The molecule has 0 aromatic carbocycles. The summed E-state index contributed by atoms with van der Waals surface area (Å²) in [6, 6.07) is 0. The van der Waals surface area contributed by atoms with Crippen LogP contribution in [0.4, 0.5) is 0 Å². The van der Waals surface area contributed by atoms with E-state index in [4.69, 9.17) is 48.1 Å². The van der Waals surface area contributed by atoms with Crippen LogP contribution in [-0.2, 0) is 75.8 Å². The van der Waals surface area contributed by atoms with Crippen LogP contribution in [0.1, 0.15) is 45.4 Å². The number of hydrogen-bond donors (Lipinski definition) is 9. The molecule has 0 fully saturated rings. The lowest BCUT2D eigenvalue weighted by Gasteiger charge is -2.35. The van der Waals surface area contributed by atoms with Gasteiger partial charge in [0.1, 0.15) is 39.6 Å². The van der Waals surface area contributed by atoms with Gasteiger partial charge in [-0.05, 0) is 12.5 Å². The number of phosphoric acid groups is 1. The van der Waals surface area contributed by atoms with Crippen LogP contribution in [0, 0.1) is 10.8 Å². The van der Waals surface area contributed by atoms with Crippen molar-refractivity contribution >= 4 is 119 Å². The van der Waals surface area contributed by atoms with Crippen molar-refractivity contribution in [3.8, 4) is 0 Å². The summed E-state index contributed by atoms with van der Waals surface area (Å²) in [5, 5.41) is 8.98. The molecule has 0 bridgehead atoms. The molecule has 60 heavy (non-hydrogen) atoms. The Labute approximate surface area is 383 Å². The van der Waals surface area contributed by atoms with Gasteiger partial charge < -0.3 is 52.8 Å². The number of ether oxygens (including phenoxy) is 8. The molecular formula is C34H59O19PS6. The third kappa shape index (κ3) is 33.2. The van der Waals surface area contributed by atoms with E-state index in [0.29, 0.717) is 5.57 Å². The summed E-state index contributed by atoms with van der Waals surface area (Å²) in [5.41, 5.74) is -2.41. The third-order valence-electron chi connectivity index (χ3n) is 6.99. The van der Waals surface area contributed by atoms with Crippen LogP contribution in [0.3, 0.4) is 0 Å². The van der Waals surface area contributed by atoms with E-state index >= 15 is 0 Å². The number of carbonyl (C=O) groups excluding carboxylic acids is 6. The number of rotatable bonds is 34. The van der Waals surface area contributed by atoms with Gasteiger partial charge >= 0.3 is 43.6 Å². The van der Waals surface area contributed by atoms with Gasteiger partial charge in [0.25, 0.3) is 0 Å². The first-order valence-electron chi connectivity index (χ1n) is 18.1. The van der Waals surface area contributed by atoms with Crippen molar-refractivity contribution in [1.82, 2.24) is 0 Å². The molecule has 0 spiro atoms. The van der Waals surface area contributed by atoms with Crippen molar-refractivity contribution in [3.63, 3.8) is 0 Å². The maximum absolute atomic E-state index is 12.3. The van der Waals surface area contributed by atoms with Crippen LogP contribution in [-0.4, -0.2) is 158 Å². The fraction of sp³-hybridized carbons (Fsp3) is 0.765. The molecule has 0 aliphatic heterocycles. The molecule has 26 heteroatoms. The second-order valence-electron chi connectivity index (χ2n) is 12.7. The van der Waals surface area contributed by atoms with E-state index in [1.165, 1.54) is 0 Å². The van der Waals surface area contributed by atoms with Crippen LogP contribution in [0.25, 0.3) is 0 Å². The number of thiol groups is 6. The minimum Gasteiger partial charge on any atom is -0.465 e. The highest BCUT2D eigenvalue weighted by Gasteiger charge is 2.41. The summed E-state index contributed by atoms with van der Waals surface area (Å²) in [4.78, 5) is 90.3. The lowest BCUT2D eigenvalue weighted by Crippen LogP contribution is -2.47. The zero-order valence-electron chi connectivity index (χ0n) is 33.3.